The molecule has 4 heteroatoms. The van der Waals surface area contributed by atoms with Crippen molar-refractivity contribution in [2.24, 2.45) is 5.73 Å². The van der Waals surface area contributed by atoms with Gasteiger partial charge in [-0.25, -0.2) is 4.79 Å². The molecule has 0 aromatic rings. The van der Waals surface area contributed by atoms with Gasteiger partial charge in [-0.05, 0) is 6.42 Å². The van der Waals surface area contributed by atoms with Gasteiger partial charge in [0.25, 0.3) is 0 Å². The zero-order valence-corrected chi connectivity index (χ0v) is 9.06. The van der Waals surface area contributed by atoms with Crippen molar-refractivity contribution in [3.63, 3.8) is 0 Å². The molecular formula is C9H19NO2S. The van der Waals surface area contributed by atoms with Crippen LogP contribution in [0.1, 0.15) is 39.0 Å². The number of primary amides is 1. The maximum atomic E-state index is 10.2. The average molecular weight is 205 g/mol. The minimum Gasteiger partial charge on any atom is -0.449 e. The zero-order valence-electron chi connectivity index (χ0n) is 8.16. The summed E-state index contributed by atoms with van der Waals surface area (Å²) >= 11 is 4.27. The zero-order chi connectivity index (χ0) is 10.1. The normalized spacial score (nSPS) is 12.5. The molecule has 0 aliphatic heterocycles. The molecule has 0 spiro atoms. The number of hydrogen-bond acceptors (Lipinski definition) is 3. The van der Waals surface area contributed by atoms with Gasteiger partial charge >= 0.3 is 6.09 Å². The van der Waals surface area contributed by atoms with Crippen molar-refractivity contribution >= 4 is 18.7 Å². The Bertz CT molecular complexity index is 142. The summed E-state index contributed by atoms with van der Waals surface area (Å²) in [5.74, 6) is 0. The molecule has 0 aromatic heterocycles. The third kappa shape index (κ3) is 9.53. The first-order chi connectivity index (χ1) is 6.16. The van der Waals surface area contributed by atoms with Gasteiger partial charge in [-0.15, -0.1) is 0 Å². The monoisotopic (exact) mass is 205 g/mol. The Morgan fingerprint density at radius 3 is 2.69 bits per heavy atom. The number of unbranched alkanes of at least 4 members (excludes halogenated alkanes) is 3. The highest BCUT2D eigenvalue weighted by Gasteiger charge is 2.04. The maximum absolute atomic E-state index is 10.2. The minimum atomic E-state index is -0.715. The Kier molecular flexibility index (Phi) is 7.99. The van der Waals surface area contributed by atoms with E-state index in [-0.39, 0.29) is 5.25 Å². The van der Waals surface area contributed by atoms with Crippen LogP contribution >= 0.6 is 12.6 Å². The summed E-state index contributed by atoms with van der Waals surface area (Å²) in [4.78, 5) is 10.2. The second-order valence-electron chi connectivity index (χ2n) is 3.13. The van der Waals surface area contributed by atoms with E-state index < -0.39 is 6.09 Å². The van der Waals surface area contributed by atoms with Crippen LogP contribution < -0.4 is 5.73 Å². The average Bonchev–Trinajstić information content (AvgIpc) is 2.09. The molecule has 1 amide bonds. The van der Waals surface area contributed by atoms with Crippen molar-refractivity contribution in [2.45, 2.75) is 44.3 Å². The van der Waals surface area contributed by atoms with Crippen LogP contribution in [0.15, 0.2) is 0 Å². The molecule has 0 fully saturated rings. The van der Waals surface area contributed by atoms with Crippen molar-refractivity contribution in [1.82, 2.24) is 0 Å². The second kappa shape index (κ2) is 8.23. The molecular weight excluding hydrogens is 186 g/mol. The Hall–Kier alpha value is -0.380. The molecule has 0 aromatic carbocycles. The SMILES string of the molecule is CCCCCCC(S)COC(N)=O. The van der Waals surface area contributed by atoms with E-state index in [1.807, 2.05) is 0 Å². The van der Waals surface area contributed by atoms with Gasteiger partial charge in [0.2, 0.25) is 0 Å². The number of ether oxygens (including phenoxy) is 1. The van der Waals surface area contributed by atoms with Crippen molar-refractivity contribution in [2.75, 3.05) is 6.61 Å². The summed E-state index contributed by atoms with van der Waals surface area (Å²) in [5.41, 5.74) is 4.82. The summed E-state index contributed by atoms with van der Waals surface area (Å²) < 4.78 is 4.62. The maximum Gasteiger partial charge on any atom is 0.404 e. The highest BCUT2D eigenvalue weighted by molar-refractivity contribution is 7.81. The molecule has 0 radical (unpaired) electrons. The summed E-state index contributed by atoms with van der Waals surface area (Å²) in [5, 5.41) is 0.129. The number of carbonyl (C=O) groups excluding carboxylic acids is 1. The fourth-order valence-corrected chi connectivity index (χ4v) is 1.33. The summed E-state index contributed by atoms with van der Waals surface area (Å²) in [6.07, 6.45) is 5.13. The van der Waals surface area contributed by atoms with Gasteiger partial charge in [-0.2, -0.15) is 12.6 Å². The molecule has 78 valence electrons. The van der Waals surface area contributed by atoms with Crippen LogP contribution in [0.4, 0.5) is 4.79 Å². The Balaban J connectivity index is 3.19. The Labute approximate surface area is 85.4 Å². The van der Waals surface area contributed by atoms with Gasteiger partial charge in [0.05, 0.1) is 0 Å². The number of carbonyl (C=O) groups is 1. The van der Waals surface area contributed by atoms with Gasteiger partial charge < -0.3 is 10.5 Å². The quantitative estimate of drug-likeness (QED) is 0.495. The van der Waals surface area contributed by atoms with Crippen LogP contribution in [0.2, 0.25) is 0 Å². The molecule has 0 saturated heterocycles. The molecule has 0 aliphatic rings. The number of nitrogens with two attached hydrogens (primary N) is 1. The van der Waals surface area contributed by atoms with E-state index in [0.717, 1.165) is 12.8 Å². The van der Waals surface area contributed by atoms with Crippen LogP contribution in [0.5, 0.6) is 0 Å². The van der Waals surface area contributed by atoms with Gasteiger partial charge in [0, 0.05) is 5.25 Å². The fraction of sp³-hybridized carbons (Fsp3) is 0.889. The second-order valence-corrected chi connectivity index (χ2v) is 3.86. The smallest absolute Gasteiger partial charge is 0.404 e. The minimum absolute atomic E-state index is 0.129. The van der Waals surface area contributed by atoms with Crippen molar-refractivity contribution in [1.29, 1.82) is 0 Å². The lowest BCUT2D eigenvalue weighted by Gasteiger charge is -2.09. The van der Waals surface area contributed by atoms with Gasteiger partial charge in [-0.3, -0.25) is 0 Å². The lowest BCUT2D eigenvalue weighted by molar-refractivity contribution is 0.156. The predicted molar refractivity (Wildman–Crippen MR) is 57.1 cm³/mol. The molecule has 0 rings (SSSR count). The first-order valence-corrected chi connectivity index (χ1v) is 5.28. The number of rotatable bonds is 7. The van der Waals surface area contributed by atoms with E-state index in [1.165, 1.54) is 19.3 Å². The summed E-state index contributed by atoms with van der Waals surface area (Å²) in [6, 6.07) is 0. The molecule has 1 atom stereocenters. The third-order valence-electron chi connectivity index (χ3n) is 1.81. The Morgan fingerprint density at radius 2 is 2.15 bits per heavy atom. The van der Waals surface area contributed by atoms with E-state index in [4.69, 9.17) is 5.73 Å². The molecule has 1 unspecified atom stereocenters. The number of amides is 1. The molecule has 0 heterocycles. The van der Waals surface area contributed by atoms with Crippen LogP contribution in [0.3, 0.4) is 0 Å². The molecule has 0 saturated carbocycles. The van der Waals surface area contributed by atoms with Crippen LogP contribution in [0, 0.1) is 0 Å². The van der Waals surface area contributed by atoms with Crippen LogP contribution in [-0.4, -0.2) is 18.0 Å². The van der Waals surface area contributed by atoms with Crippen molar-refractivity contribution < 1.29 is 9.53 Å². The first kappa shape index (κ1) is 12.6. The van der Waals surface area contributed by atoms with E-state index >= 15 is 0 Å². The first-order valence-electron chi connectivity index (χ1n) is 4.77. The van der Waals surface area contributed by atoms with Crippen molar-refractivity contribution in [3.05, 3.63) is 0 Å². The highest BCUT2D eigenvalue weighted by atomic mass is 32.1. The molecule has 2 N–H and O–H groups in total. The standard InChI is InChI=1S/C9H19NO2S/c1-2-3-4-5-6-8(13)7-12-9(10)11/h8,13H,2-7H2,1H3,(H2,10,11). The molecule has 0 bridgehead atoms. The van der Waals surface area contributed by atoms with E-state index in [0.29, 0.717) is 6.61 Å². The Morgan fingerprint density at radius 1 is 1.46 bits per heavy atom. The van der Waals surface area contributed by atoms with Gasteiger partial charge in [0.1, 0.15) is 6.61 Å². The van der Waals surface area contributed by atoms with Gasteiger partial charge in [-0.1, -0.05) is 32.6 Å². The lowest BCUT2D eigenvalue weighted by atomic mass is 10.1. The molecule has 13 heavy (non-hydrogen) atoms. The van der Waals surface area contributed by atoms with E-state index in [1.54, 1.807) is 0 Å². The predicted octanol–water partition coefficient (Wildman–Crippen LogP) is 2.35. The summed E-state index contributed by atoms with van der Waals surface area (Å²) in [7, 11) is 0. The largest absolute Gasteiger partial charge is 0.449 e. The van der Waals surface area contributed by atoms with Crippen LogP contribution in [-0.2, 0) is 4.74 Å². The summed E-state index contributed by atoms with van der Waals surface area (Å²) in [6.45, 7) is 2.50. The number of thiol groups is 1. The fourth-order valence-electron chi connectivity index (χ4n) is 1.07. The van der Waals surface area contributed by atoms with E-state index in [9.17, 15) is 4.79 Å². The topological polar surface area (TPSA) is 52.3 Å². The van der Waals surface area contributed by atoms with Gasteiger partial charge in [0.15, 0.2) is 0 Å². The van der Waals surface area contributed by atoms with Crippen LogP contribution in [0.25, 0.3) is 0 Å². The van der Waals surface area contributed by atoms with E-state index in [2.05, 4.69) is 24.3 Å². The molecule has 3 nitrogen and oxygen atoms in total. The van der Waals surface area contributed by atoms with Crippen molar-refractivity contribution in [3.8, 4) is 0 Å². The number of hydrogen-bond donors (Lipinski definition) is 2. The molecule has 0 aliphatic carbocycles. The highest BCUT2D eigenvalue weighted by Crippen LogP contribution is 2.09. The lowest BCUT2D eigenvalue weighted by Crippen LogP contribution is -2.19. The third-order valence-corrected chi connectivity index (χ3v) is 2.22.